The minimum absolute atomic E-state index is 0.345. The van der Waals surface area contributed by atoms with Gasteiger partial charge in [-0.15, -0.1) is 0 Å². The van der Waals surface area contributed by atoms with Crippen LogP contribution in [0.3, 0.4) is 0 Å². The Labute approximate surface area is 153 Å². The second-order valence-electron chi connectivity index (χ2n) is 7.16. The van der Waals surface area contributed by atoms with Crippen molar-refractivity contribution in [1.29, 1.82) is 0 Å². The monoisotopic (exact) mass is 348 g/mol. The molecule has 2 aromatic carbocycles. The molecule has 1 aliphatic heterocycles. The first kappa shape index (κ1) is 16.8. The Hall–Kier alpha value is -2.66. The molecule has 3 aromatic rings. The number of piperazine rings is 1. The van der Waals surface area contributed by atoms with Crippen molar-refractivity contribution in [3.63, 3.8) is 0 Å². The van der Waals surface area contributed by atoms with Gasteiger partial charge < -0.3 is 10.0 Å². The highest BCUT2D eigenvalue weighted by Gasteiger charge is 2.25. The number of aromatic nitrogens is 2. The number of phenols is 1. The number of aromatic hydroxyl groups is 1. The van der Waals surface area contributed by atoms with Crippen molar-refractivity contribution in [3.8, 4) is 5.75 Å². The fraction of sp³-hybridized carbons (Fsp3) is 0.333. The molecule has 0 unspecified atom stereocenters. The zero-order valence-corrected chi connectivity index (χ0v) is 15.3. The van der Waals surface area contributed by atoms with Gasteiger partial charge in [0.1, 0.15) is 11.6 Å². The number of benzene rings is 2. The lowest BCUT2D eigenvalue weighted by Crippen LogP contribution is -2.51. The van der Waals surface area contributed by atoms with Crippen molar-refractivity contribution < 1.29 is 5.11 Å². The zero-order valence-electron chi connectivity index (χ0n) is 15.3. The van der Waals surface area contributed by atoms with Gasteiger partial charge in [0, 0.05) is 32.2 Å². The fourth-order valence-corrected chi connectivity index (χ4v) is 3.70. The number of para-hydroxylation sites is 2. The topological polar surface area (TPSA) is 52.5 Å². The first-order valence-electron chi connectivity index (χ1n) is 9.09. The third-order valence-corrected chi connectivity index (χ3v) is 5.03. The lowest BCUT2D eigenvalue weighted by atomic mass is 10.1. The Balaban J connectivity index is 1.47. The molecule has 1 atom stereocenters. The smallest absolute Gasteiger partial charge is 0.147 e. The summed E-state index contributed by atoms with van der Waals surface area (Å²) in [5, 5.41) is 9.82. The number of fused-ring (bicyclic) bond motifs is 1. The molecular formula is C21H24N4O. The van der Waals surface area contributed by atoms with Gasteiger partial charge in [0.15, 0.2) is 0 Å². The summed E-state index contributed by atoms with van der Waals surface area (Å²) in [5.41, 5.74) is 4.13. The van der Waals surface area contributed by atoms with Crippen molar-refractivity contribution in [3.05, 3.63) is 59.8 Å². The standard InChI is InChI=1S/C21H24N4O/c1-15-9-17(11-18(26)10-15)14-24-7-8-25(13-16(24)2)21-12-22-19-5-3-4-6-20(19)23-21/h3-6,9-12,16,26H,7-8,13-14H2,1-2H3/t16-/m1/s1. The Morgan fingerprint density at radius 1 is 1.12 bits per heavy atom. The molecule has 0 amide bonds. The molecule has 0 bridgehead atoms. The summed E-state index contributed by atoms with van der Waals surface area (Å²) in [5.74, 6) is 1.29. The van der Waals surface area contributed by atoms with Crippen LogP contribution >= 0.6 is 0 Å². The number of phenolic OH excluding ortho intramolecular Hbond substituents is 1. The van der Waals surface area contributed by atoms with Gasteiger partial charge in [0.2, 0.25) is 0 Å². The molecule has 26 heavy (non-hydrogen) atoms. The first-order chi connectivity index (χ1) is 12.6. The molecule has 5 nitrogen and oxygen atoms in total. The Bertz CT molecular complexity index is 907. The Morgan fingerprint density at radius 2 is 1.92 bits per heavy atom. The largest absolute Gasteiger partial charge is 0.508 e. The third kappa shape index (κ3) is 3.48. The van der Waals surface area contributed by atoms with Crippen LogP contribution in [-0.4, -0.2) is 45.7 Å². The highest BCUT2D eigenvalue weighted by molar-refractivity contribution is 5.75. The van der Waals surface area contributed by atoms with E-state index in [1.165, 1.54) is 0 Å². The van der Waals surface area contributed by atoms with Gasteiger partial charge in [-0.2, -0.15) is 0 Å². The first-order valence-corrected chi connectivity index (χ1v) is 9.09. The molecule has 1 N–H and O–H groups in total. The molecular weight excluding hydrogens is 324 g/mol. The molecule has 134 valence electrons. The van der Waals surface area contributed by atoms with Gasteiger partial charge in [-0.1, -0.05) is 18.2 Å². The molecule has 0 aliphatic carbocycles. The number of aryl methyl sites for hydroxylation is 1. The van der Waals surface area contributed by atoms with Crippen LogP contribution < -0.4 is 4.90 Å². The van der Waals surface area contributed by atoms with Crippen LogP contribution in [0.5, 0.6) is 5.75 Å². The number of anilines is 1. The van der Waals surface area contributed by atoms with Crippen LogP contribution in [0, 0.1) is 6.92 Å². The molecule has 1 aromatic heterocycles. The summed E-state index contributed by atoms with van der Waals surface area (Å²) in [6.45, 7) is 7.93. The summed E-state index contributed by atoms with van der Waals surface area (Å²) >= 11 is 0. The number of hydrogen-bond donors (Lipinski definition) is 1. The van der Waals surface area contributed by atoms with Gasteiger partial charge in [-0.3, -0.25) is 9.88 Å². The van der Waals surface area contributed by atoms with Crippen LogP contribution in [0.4, 0.5) is 5.82 Å². The van der Waals surface area contributed by atoms with E-state index in [0.717, 1.165) is 54.2 Å². The highest BCUT2D eigenvalue weighted by Crippen LogP contribution is 2.22. The minimum Gasteiger partial charge on any atom is -0.508 e. The van der Waals surface area contributed by atoms with Crippen molar-refractivity contribution >= 4 is 16.9 Å². The SMILES string of the molecule is Cc1cc(O)cc(CN2CCN(c3cnc4ccccc4n3)C[C@H]2C)c1. The Kier molecular flexibility index (Phi) is 4.47. The van der Waals surface area contributed by atoms with E-state index in [1.54, 1.807) is 6.07 Å². The van der Waals surface area contributed by atoms with E-state index in [-0.39, 0.29) is 0 Å². The normalized spacial score (nSPS) is 18.4. The second-order valence-corrected chi connectivity index (χ2v) is 7.16. The number of nitrogens with zero attached hydrogens (tertiary/aromatic N) is 4. The van der Waals surface area contributed by atoms with E-state index in [9.17, 15) is 5.11 Å². The molecule has 5 heteroatoms. The number of rotatable bonds is 3. The summed E-state index contributed by atoms with van der Waals surface area (Å²) in [6, 6.07) is 14.2. The van der Waals surface area contributed by atoms with Gasteiger partial charge in [-0.25, -0.2) is 4.98 Å². The van der Waals surface area contributed by atoms with Crippen LogP contribution in [0.25, 0.3) is 11.0 Å². The molecule has 0 saturated carbocycles. The predicted molar refractivity (Wildman–Crippen MR) is 104 cm³/mol. The molecule has 1 saturated heterocycles. The zero-order chi connectivity index (χ0) is 18.1. The molecule has 2 heterocycles. The van der Waals surface area contributed by atoms with E-state index in [1.807, 2.05) is 43.5 Å². The van der Waals surface area contributed by atoms with E-state index in [2.05, 4.69) is 27.8 Å². The van der Waals surface area contributed by atoms with E-state index < -0.39 is 0 Å². The lowest BCUT2D eigenvalue weighted by Gasteiger charge is -2.40. The number of hydrogen-bond acceptors (Lipinski definition) is 5. The fourth-order valence-electron chi connectivity index (χ4n) is 3.70. The maximum Gasteiger partial charge on any atom is 0.147 e. The maximum absolute atomic E-state index is 9.82. The van der Waals surface area contributed by atoms with Crippen LogP contribution in [0.1, 0.15) is 18.1 Å². The second kappa shape index (κ2) is 6.92. The van der Waals surface area contributed by atoms with Crippen LogP contribution in [0.15, 0.2) is 48.7 Å². The molecule has 0 spiro atoms. The minimum atomic E-state index is 0.345. The summed E-state index contributed by atoms with van der Waals surface area (Å²) in [4.78, 5) is 14.1. The van der Waals surface area contributed by atoms with E-state index in [0.29, 0.717) is 11.8 Å². The van der Waals surface area contributed by atoms with Gasteiger partial charge in [0.25, 0.3) is 0 Å². The predicted octanol–water partition coefficient (Wildman–Crippen LogP) is 3.35. The molecule has 4 rings (SSSR count). The van der Waals surface area contributed by atoms with Gasteiger partial charge in [0.05, 0.1) is 17.2 Å². The third-order valence-electron chi connectivity index (χ3n) is 5.03. The lowest BCUT2D eigenvalue weighted by molar-refractivity contribution is 0.180. The van der Waals surface area contributed by atoms with Crippen LogP contribution in [-0.2, 0) is 6.54 Å². The average molecular weight is 348 g/mol. The van der Waals surface area contributed by atoms with Crippen molar-refractivity contribution in [2.75, 3.05) is 24.5 Å². The summed E-state index contributed by atoms with van der Waals surface area (Å²) < 4.78 is 0. The van der Waals surface area contributed by atoms with Gasteiger partial charge in [-0.05, 0) is 49.2 Å². The average Bonchev–Trinajstić information content (AvgIpc) is 2.62. The van der Waals surface area contributed by atoms with E-state index >= 15 is 0 Å². The van der Waals surface area contributed by atoms with Crippen LogP contribution in [0.2, 0.25) is 0 Å². The summed E-state index contributed by atoms with van der Waals surface area (Å²) in [7, 11) is 0. The molecule has 1 fully saturated rings. The summed E-state index contributed by atoms with van der Waals surface area (Å²) in [6.07, 6.45) is 1.88. The van der Waals surface area contributed by atoms with E-state index in [4.69, 9.17) is 4.98 Å². The highest BCUT2D eigenvalue weighted by atomic mass is 16.3. The van der Waals surface area contributed by atoms with Crippen molar-refractivity contribution in [2.24, 2.45) is 0 Å². The maximum atomic E-state index is 9.82. The van der Waals surface area contributed by atoms with Gasteiger partial charge >= 0.3 is 0 Å². The molecule has 1 aliphatic rings. The van der Waals surface area contributed by atoms with Crippen molar-refractivity contribution in [2.45, 2.75) is 26.4 Å². The molecule has 0 radical (unpaired) electrons. The Morgan fingerprint density at radius 3 is 2.69 bits per heavy atom. The van der Waals surface area contributed by atoms with Crippen molar-refractivity contribution in [1.82, 2.24) is 14.9 Å². The quantitative estimate of drug-likeness (QED) is 0.787.